The molecule has 0 aliphatic carbocycles. The van der Waals surface area contributed by atoms with Gasteiger partial charge in [-0.3, -0.25) is 0 Å². The van der Waals surface area contributed by atoms with Crippen LogP contribution in [-0.4, -0.2) is 0 Å². The molecule has 12 nitrogen and oxygen atoms in total. The number of aryl methyl sites for hydroxylation is 5. The average Bonchev–Trinajstić information content (AvgIpc) is 1.62. The monoisotopic (exact) mass is 1720 g/mol. The standard InChI is InChI=1S/C31H29N2O.2C30H27N2O.C28H23N2O/c1-19(2)18-23-13-17-27(33(6)21(23)4)28-20(3)12-14-24-25-15-16-26(32-5)29(31(25)34-30(24)28)22-10-8-7-9-11-22;2*1-18(2)22-15-17-26(32(6)20(22)4)27-19(3)12-13-23-24-14-16-25(31-5)28(30(24)33-29(23)27)21-10-8-7-9-11-21;1-17-12-16-24(30(5)19(17)3)25-18(2)11-13-21-22-14-15-23(29-4)26(28(22)31-27(21)25)20-9-7-6-8-10-20/h7-17,19H,18H2,1-4,6H3;2*7-18H,1-4,6H3;6-16H,1-3,5H3/q4*+1/i18D2;1D3,18D;18D;1D3. The number of furan rings is 4. The Hall–Kier alpha value is -15.6. The van der Waals surface area contributed by atoms with E-state index in [0.29, 0.717) is 73.2 Å². The van der Waals surface area contributed by atoms with E-state index in [-0.39, 0.29) is 5.92 Å². The molecule has 0 amide bonds. The second kappa shape index (κ2) is 35.9. The van der Waals surface area contributed by atoms with Crippen LogP contribution in [0.15, 0.2) is 285 Å². The van der Waals surface area contributed by atoms with Crippen molar-refractivity contribution in [2.24, 2.45) is 34.1 Å². The van der Waals surface area contributed by atoms with E-state index in [2.05, 4.69) is 104 Å². The third-order valence-corrected chi connectivity index (χ3v) is 25.8. The van der Waals surface area contributed by atoms with Gasteiger partial charge < -0.3 is 17.7 Å². The summed E-state index contributed by atoms with van der Waals surface area (Å²) in [5.41, 5.74) is 32.6. The Bertz CT molecular complexity index is 8410. The number of hydrogen-bond donors (Lipinski definition) is 0. The molecule has 0 radical (unpaired) electrons. The summed E-state index contributed by atoms with van der Waals surface area (Å²) in [6.07, 6.45) is -1.43. The SMILES string of the molecule is [2H]C(C)(C)c1ccc(-c2c(C)ccc3c2oc2c(-c4ccccc4)c([N+]#[C-])ccc23)[n+](C)c1C.[2H]C([2H])([2H])C([2H])(C)c1ccc(-c2c(C)ccc3c2oc2c(-c4ccccc4)c([N+]#[C-])ccc23)[n+](C)c1C.[2H]C([2H])([2H])c1ccc(-c2c(C)ccc3c2oc2c(-c4ccccc4)c([N+]#[C-])ccc23)[n+](C)c1C.[2H]C([2H])(c1ccc(-c2c(C)ccc3c2oc2c(-c4ccccc4)c([N+]#[C-])ccc23)[n+](C)c1C)C(C)C. The van der Waals surface area contributed by atoms with E-state index in [1.165, 1.54) is 6.92 Å². The van der Waals surface area contributed by atoms with Gasteiger partial charge in [-0.25, -0.2) is 19.4 Å². The largest absolute Gasteiger partial charge is 0.456 e. The fourth-order valence-corrected chi connectivity index (χ4v) is 18.6. The molecule has 1 unspecified atom stereocenters. The van der Waals surface area contributed by atoms with Gasteiger partial charge in [-0.15, -0.1) is 0 Å². The van der Waals surface area contributed by atoms with Crippen molar-refractivity contribution in [2.45, 2.75) is 122 Å². The number of pyridine rings is 4. The number of benzene rings is 12. The predicted molar refractivity (Wildman–Crippen MR) is 537 cm³/mol. The van der Waals surface area contributed by atoms with Crippen LogP contribution in [0.2, 0.25) is 0 Å². The molecule has 131 heavy (non-hydrogen) atoms. The highest BCUT2D eigenvalue weighted by molar-refractivity contribution is 6.19. The maximum absolute atomic E-state index is 8.64. The Labute approximate surface area is 781 Å². The summed E-state index contributed by atoms with van der Waals surface area (Å²) in [7, 11) is 7.80. The van der Waals surface area contributed by atoms with Crippen molar-refractivity contribution in [1.82, 2.24) is 0 Å². The molecule has 1 atom stereocenters. The maximum atomic E-state index is 8.64. The van der Waals surface area contributed by atoms with Gasteiger partial charge in [0.2, 0.25) is 22.8 Å². The Balaban J connectivity index is 0.000000130. The third kappa shape index (κ3) is 15.6. The van der Waals surface area contributed by atoms with E-state index in [4.69, 9.17) is 57.7 Å². The van der Waals surface area contributed by atoms with Crippen molar-refractivity contribution in [3.05, 3.63) is 380 Å². The summed E-state index contributed by atoms with van der Waals surface area (Å²) in [6.45, 7) is 51.3. The number of hydrogen-bond acceptors (Lipinski definition) is 4. The van der Waals surface area contributed by atoms with Crippen LogP contribution in [-0.2, 0) is 34.6 Å². The van der Waals surface area contributed by atoms with Crippen LogP contribution < -0.4 is 18.3 Å². The van der Waals surface area contributed by atoms with Crippen LogP contribution in [0.4, 0.5) is 22.7 Å². The van der Waals surface area contributed by atoms with Gasteiger partial charge in [-0.05, 0) is 127 Å². The fraction of sp³-hybridized carbons (Fsp3) is 0.193. The zero-order valence-corrected chi connectivity index (χ0v) is 76.7. The fourth-order valence-electron chi connectivity index (χ4n) is 18.6. The minimum Gasteiger partial charge on any atom is -0.456 e. The first kappa shape index (κ1) is 75.5. The molecule has 20 aromatic rings. The van der Waals surface area contributed by atoms with Gasteiger partial charge >= 0.3 is 0 Å². The summed E-state index contributed by atoms with van der Waals surface area (Å²) < 4.78 is 116. The van der Waals surface area contributed by atoms with E-state index < -0.39 is 31.9 Å². The van der Waals surface area contributed by atoms with E-state index >= 15 is 0 Å². The average molecular weight is 1720 g/mol. The van der Waals surface area contributed by atoms with E-state index in [1.54, 1.807) is 12.1 Å². The molecule has 0 saturated heterocycles. The van der Waals surface area contributed by atoms with Gasteiger partial charge in [0.05, 0.1) is 48.5 Å². The number of nitrogens with zero attached hydrogens (tertiary/aromatic N) is 8. The second-order valence-corrected chi connectivity index (χ2v) is 34.2. The van der Waals surface area contributed by atoms with Gasteiger partial charge in [0.25, 0.3) is 0 Å². The van der Waals surface area contributed by atoms with Crippen molar-refractivity contribution in [1.29, 1.82) is 0 Å². The normalized spacial score (nSPS) is 13.3. The van der Waals surface area contributed by atoms with Gasteiger partial charge in [0.15, 0.2) is 45.5 Å². The Kier molecular flexibility index (Phi) is 20.7. The molecule has 0 spiro atoms. The summed E-state index contributed by atoms with van der Waals surface area (Å²) in [6, 6.07) is 86.7. The van der Waals surface area contributed by atoms with Crippen molar-refractivity contribution >= 4 is 111 Å². The summed E-state index contributed by atoms with van der Waals surface area (Å²) in [4.78, 5) is 15.1. The highest BCUT2D eigenvalue weighted by atomic mass is 16.3. The first-order valence-electron chi connectivity index (χ1n) is 48.8. The zero-order chi connectivity index (χ0) is 101. The van der Waals surface area contributed by atoms with Crippen molar-refractivity contribution < 1.29 is 49.6 Å². The number of aromatic nitrogens is 4. The molecule has 12 aromatic carbocycles. The summed E-state index contributed by atoms with van der Waals surface area (Å²) in [5.74, 6) is -2.56. The van der Waals surface area contributed by atoms with Gasteiger partial charge in [-0.1, -0.05) is 260 Å². The highest BCUT2D eigenvalue weighted by Gasteiger charge is 2.32. The Morgan fingerprint density at radius 1 is 0.282 bits per heavy atom. The van der Waals surface area contributed by atoms with Gasteiger partial charge in [0.1, 0.15) is 72.9 Å². The van der Waals surface area contributed by atoms with Crippen LogP contribution in [0.25, 0.3) is 197 Å². The molecule has 12 heteroatoms. The van der Waals surface area contributed by atoms with Crippen LogP contribution in [0, 0.1) is 94.4 Å². The molecule has 8 aromatic heterocycles. The maximum Gasteiger partial charge on any atom is 0.216 e. The lowest BCUT2D eigenvalue weighted by Gasteiger charge is -2.11. The molecule has 8 heterocycles. The van der Waals surface area contributed by atoms with E-state index in [9.17, 15) is 0 Å². The van der Waals surface area contributed by atoms with Crippen molar-refractivity contribution in [3.63, 3.8) is 0 Å². The van der Waals surface area contributed by atoms with Crippen LogP contribution in [0.5, 0.6) is 0 Å². The molecule has 0 saturated carbocycles. The first-order valence-corrected chi connectivity index (χ1v) is 43.8. The minimum atomic E-state index is -2.46. The van der Waals surface area contributed by atoms with E-state index in [0.717, 1.165) is 194 Å². The molecule has 20 rings (SSSR count). The van der Waals surface area contributed by atoms with Gasteiger partial charge in [0, 0.05) is 153 Å². The molecular weight excluding hydrogens is 1610 g/mol. The quantitative estimate of drug-likeness (QED) is 0.0901. The predicted octanol–water partition coefficient (Wildman–Crippen LogP) is 31.4. The molecule has 0 fully saturated rings. The van der Waals surface area contributed by atoms with Crippen molar-refractivity contribution in [2.75, 3.05) is 0 Å². The molecule has 642 valence electrons. The Morgan fingerprint density at radius 3 is 0.794 bits per heavy atom. The molecule has 0 aliphatic heterocycles. The molecular formula is C119H106N8O4+4. The van der Waals surface area contributed by atoms with Crippen LogP contribution >= 0.6 is 0 Å². The number of rotatable bonds is 12. The minimum absolute atomic E-state index is 0.143. The molecule has 0 bridgehead atoms. The summed E-state index contributed by atoms with van der Waals surface area (Å²) in [5, 5.41) is 7.79. The second-order valence-electron chi connectivity index (χ2n) is 34.2. The van der Waals surface area contributed by atoms with E-state index in [1.807, 2.05) is 300 Å². The topological polar surface area (TPSA) is 85.5 Å². The lowest BCUT2D eigenvalue weighted by atomic mass is 9.96. The first-order chi connectivity index (χ1) is 67.1. The zero-order valence-electron chi connectivity index (χ0n) is 86.7. The molecule has 0 aliphatic rings. The smallest absolute Gasteiger partial charge is 0.216 e. The van der Waals surface area contributed by atoms with Gasteiger partial charge in [-0.2, -0.15) is 18.3 Å². The van der Waals surface area contributed by atoms with Crippen LogP contribution in [0.3, 0.4) is 0 Å². The highest BCUT2D eigenvalue weighted by Crippen LogP contribution is 2.51. The Morgan fingerprint density at radius 2 is 0.527 bits per heavy atom. The lowest BCUT2D eigenvalue weighted by molar-refractivity contribution is -0.667. The third-order valence-electron chi connectivity index (χ3n) is 25.8. The number of fused-ring (bicyclic) bond motifs is 12. The molecule has 0 N–H and O–H groups in total. The van der Waals surface area contributed by atoms with Crippen LogP contribution in [0.1, 0.15) is 134 Å². The summed E-state index contributed by atoms with van der Waals surface area (Å²) >= 11 is 0. The van der Waals surface area contributed by atoms with Crippen molar-refractivity contribution in [3.8, 4) is 89.5 Å². The lowest BCUT2D eigenvalue weighted by Crippen LogP contribution is -2.36.